The molecule has 2 aliphatic rings. The number of hydrogen-bond acceptors (Lipinski definition) is 5. The molecular weight excluding hydrogens is 400 g/mol. The van der Waals surface area contributed by atoms with Gasteiger partial charge in [-0.1, -0.05) is 35.9 Å². The zero-order valence-electron chi connectivity index (χ0n) is 16.8. The summed E-state index contributed by atoms with van der Waals surface area (Å²) in [6.45, 7) is 3.57. The maximum atomic E-state index is 13.0. The summed E-state index contributed by atoms with van der Waals surface area (Å²) in [6.07, 6.45) is 4.09. The number of fused-ring (bicyclic) bond motifs is 1. The van der Waals surface area contributed by atoms with Gasteiger partial charge < -0.3 is 5.32 Å². The summed E-state index contributed by atoms with van der Waals surface area (Å²) >= 11 is 6.00. The van der Waals surface area contributed by atoms with Crippen molar-refractivity contribution in [3.63, 3.8) is 0 Å². The number of benzene rings is 2. The lowest BCUT2D eigenvalue weighted by molar-refractivity contribution is -0.123. The van der Waals surface area contributed by atoms with Gasteiger partial charge in [0, 0.05) is 24.7 Å². The molecule has 1 amide bonds. The van der Waals surface area contributed by atoms with Crippen molar-refractivity contribution >= 4 is 28.5 Å². The summed E-state index contributed by atoms with van der Waals surface area (Å²) in [6, 6.07) is 13.7. The molecule has 1 atom stereocenters. The third kappa shape index (κ3) is 3.82. The van der Waals surface area contributed by atoms with Crippen LogP contribution in [-0.4, -0.2) is 40.8 Å². The Balaban J connectivity index is 1.18. The molecule has 0 bridgehead atoms. The molecule has 1 aromatic heterocycles. The van der Waals surface area contributed by atoms with Gasteiger partial charge in [0.2, 0.25) is 5.91 Å². The molecule has 1 saturated carbocycles. The molecule has 3 aromatic rings. The maximum Gasteiger partial charge on any atom is 0.230 e. The number of nitrogens with zero attached hydrogens (tertiary/aromatic N) is 3. The van der Waals surface area contributed by atoms with E-state index in [4.69, 9.17) is 16.2 Å². The number of aromatic nitrogens is 2. The highest BCUT2D eigenvalue weighted by molar-refractivity contribution is 6.30. The number of nitrogens with one attached hydrogen (secondary N) is 1. The minimum absolute atomic E-state index is 0.153. The molecule has 30 heavy (non-hydrogen) atoms. The molecule has 0 radical (unpaired) electrons. The van der Waals surface area contributed by atoms with Gasteiger partial charge in [0.25, 0.3) is 0 Å². The SMILES string of the molecule is O=C(NC[C@H]1CCCN(Cc2cccc3nonc23)C1)C1(c2ccc(Cl)cc2)CC1. The van der Waals surface area contributed by atoms with Crippen molar-refractivity contribution in [3.05, 3.63) is 58.6 Å². The Morgan fingerprint density at radius 1 is 1.20 bits per heavy atom. The van der Waals surface area contributed by atoms with Crippen molar-refractivity contribution in [2.75, 3.05) is 19.6 Å². The second-order valence-corrected chi connectivity index (χ2v) is 9.03. The average molecular weight is 425 g/mol. The fourth-order valence-corrected chi connectivity index (χ4v) is 4.77. The molecular formula is C23H25ClN4O2. The van der Waals surface area contributed by atoms with Crippen LogP contribution in [0.5, 0.6) is 0 Å². The Hall–Kier alpha value is -2.44. The number of piperidine rings is 1. The third-order valence-corrected chi connectivity index (χ3v) is 6.75. The highest BCUT2D eigenvalue weighted by Crippen LogP contribution is 2.48. The van der Waals surface area contributed by atoms with Gasteiger partial charge in [-0.3, -0.25) is 9.69 Å². The van der Waals surface area contributed by atoms with Gasteiger partial charge >= 0.3 is 0 Å². The third-order valence-electron chi connectivity index (χ3n) is 6.50. The van der Waals surface area contributed by atoms with Crippen molar-refractivity contribution < 1.29 is 9.42 Å². The summed E-state index contributed by atoms with van der Waals surface area (Å²) in [7, 11) is 0. The molecule has 156 valence electrons. The average Bonchev–Trinajstić information content (AvgIpc) is 3.43. The van der Waals surface area contributed by atoms with Crippen LogP contribution in [0.2, 0.25) is 5.02 Å². The molecule has 7 heteroatoms. The maximum absolute atomic E-state index is 13.0. The smallest absolute Gasteiger partial charge is 0.230 e. The minimum atomic E-state index is -0.353. The van der Waals surface area contributed by atoms with Gasteiger partial charge in [0.1, 0.15) is 11.0 Å². The van der Waals surface area contributed by atoms with E-state index in [-0.39, 0.29) is 11.3 Å². The number of carbonyl (C=O) groups excluding carboxylic acids is 1. The zero-order valence-corrected chi connectivity index (χ0v) is 17.6. The van der Waals surface area contributed by atoms with Gasteiger partial charge in [-0.15, -0.1) is 0 Å². The van der Waals surface area contributed by atoms with Gasteiger partial charge in [0.15, 0.2) is 0 Å². The van der Waals surface area contributed by atoms with Gasteiger partial charge in [-0.2, -0.15) is 0 Å². The van der Waals surface area contributed by atoms with Crippen LogP contribution in [0.3, 0.4) is 0 Å². The fourth-order valence-electron chi connectivity index (χ4n) is 4.64. The van der Waals surface area contributed by atoms with Crippen molar-refractivity contribution in [3.8, 4) is 0 Å². The zero-order chi connectivity index (χ0) is 20.6. The Morgan fingerprint density at radius 3 is 2.83 bits per heavy atom. The second-order valence-electron chi connectivity index (χ2n) is 8.59. The molecule has 2 fully saturated rings. The van der Waals surface area contributed by atoms with Gasteiger partial charge in [-0.05, 0) is 77.8 Å². The Morgan fingerprint density at radius 2 is 2.03 bits per heavy atom. The van der Waals surface area contributed by atoms with E-state index in [0.29, 0.717) is 10.9 Å². The lowest BCUT2D eigenvalue weighted by Gasteiger charge is -2.33. The summed E-state index contributed by atoms with van der Waals surface area (Å²) in [5.74, 6) is 0.610. The normalized spacial score (nSPS) is 20.9. The van der Waals surface area contributed by atoms with Crippen LogP contribution in [0.15, 0.2) is 47.1 Å². The van der Waals surface area contributed by atoms with Crippen molar-refractivity contribution in [2.24, 2.45) is 5.92 Å². The van der Waals surface area contributed by atoms with E-state index in [1.807, 2.05) is 36.4 Å². The van der Waals surface area contributed by atoms with E-state index < -0.39 is 0 Å². The standard InChI is InChI=1S/C23H25ClN4O2/c24-19-8-6-18(7-9-19)23(10-11-23)22(29)25-13-16-3-2-12-28(14-16)15-17-4-1-5-20-21(17)27-30-26-20/h1,4-9,16H,2-3,10-15H2,(H,25,29)/t16-/m1/s1. The van der Waals surface area contributed by atoms with Crippen molar-refractivity contribution in [1.82, 2.24) is 20.5 Å². The Labute approximate surface area is 180 Å². The highest BCUT2D eigenvalue weighted by Gasteiger charge is 2.51. The first-order chi connectivity index (χ1) is 14.6. The van der Waals surface area contributed by atoms with Gasteiger partial charge in [-0.25, -0.2) is 4.63 Å². The first-order valence-corrected chi connectivity index (χ1v) is 11.0. The monoisotopic (exact) mass is 424 g/mol. The quantitative estimate of drug-likeness (QED) is 0.649. The van der Waals surface area contributed by atoms with E-state index in [0.717, 1.165) is 74.0 Å². The predicted molar refractivity (Wildman–Crippen MR) is 115 cm³/mol. The van der Waals surface area contributed by atoms with Crippen molar-refractivity contribution in [1.29, 1.82) is 0 Å². The van der Waals surface area contributed by atoms with Crippen LogP contribution in [0.25, 0.3) is 11.0 Å². The number of carbonyl (C=O) groups is 1. The van der Waals surface area contributed by atoms with E-state index in [2.05, 4.69) is 26.6 Å². The summed E-state index contributed by atoms with van der Waals surface area (Å²) in [4.78, 5) is 15.4. The molecule has 2 heterocycles. The Kier molecular flexibility index (Phi) is 5.21. The molecule has 6 nitrogen and oxygen atoms in total. The van der Waals surface area contributed by atoms with E-state index in [1.165, 1.54) is 0 Å². The Bertz CT molecular complexity index is 1040. The van der Waals surface area contributed by atoms with Crippen LogP contribution in [0.1, 0.15) is 36.8 Å². The molecule has 0 spiro atoms. The van der Waals surface area contributed by atoms with Crippen LogP contribution in [-0.2, 0) is 16.8 Å². The summed E-state index contributed by atoms with van der Waals surface area (Å²) in [5, 5.41) is 11.9. The predicted octanol–water partition coefficient (Wildman–Crippen LogP) is 3.94. The number of likely N-dealkylation sites (tertiary alicyclic amines) is 1. The molecule has 0 unspecified atom stereocenters. The largest absolute Gasteiger partial charge is 0.355 e. The molecule has 1 N–H and O–H groups in total. The first kappa shape index (κ1) is 19.5. The van der Waals surface area contributed by atoms with E-state index in [9.17, 15) is 4.79 Å². The molecule has 5 rings (SSSR count). The van der Waals surface area contributed by atoms with Crippen molar-refractivity contribution in [2.45, 2.75) is 37.6 Å². The van der Waals surface area contributed by atoms with Crippen LogP contribution in [0.4, 0.5) is 0 Å². The summed E-state index contributed by atoms with van der Waals surface area (Å²) in [5.41, 5.74) is 3.49. The molecule has 1 aliphatic heterocycles. The number of rotatable bonds is 6. The van der Waals surface area contributed by atoms with E-state index in [1.54, 1.807) is 0 Å². The number of amides is 1. The molecule has 1 aliphatic carbocycles. The minimum Gasteiger partial charge on any atom is -0.355 e. The van der Waals surface area contributed by atoms with Crippen LogP contribution in [0, 0.1) is 5.92 Å². The number of hydrogen-bond donors (Lipinski definition) is 1. The highest BCUT2D eigenvalue weighted by atomic mass is 35.5. The first-order valence-electron chi connectivity index (χ1n) is 10.6. The van der Waals surface area contributed by atoms with Gasteiger partial charge in [0.05, 0.1) is 5.41 Å². The van der Waals surface area contributed by atoms with E-state index >= 15 is 0 Å². The molecule has 1 saturated heterocycles. The second kappa shape index (κ2) is 8.00. The lowest BCUT2D eigenvalue weighted by atomic mass is 9.93. The lowest BCUT2D eigenvalue weighted by Crippen LogP contribution is -2.43. The molecule has 2 aromatic carbocycles. The van der Waals surface area contributed by atoms with Crippen LogP contribution >= 0.6 is 11.6 Å². The number of halogens is 1. The topological polar surface area (TPSA) is 71.3 Å². The summed E-state index contributed by atoms with van der Waals surface area (Å²) < 4.78 is 4.89. The fraction of sp³-hybridized carbons (Fsp3) is 0.435. The van der Waals surface area contributed by atoms with Crippen LogP contribution < -0.4 is 5.32 Å².